The van der Waals surface area contributed by atoms with Gasteiger partial charge in [-0.2, -0.15) is 0 Å². The van der Waals surface area contributed by atoms with Crippen molar-refractivity contribution in [3.8, 4) is 0 Å². The minimum absolute atomic E-state index is 0.00876. The van der Waals surface area contributed by atoms with Crippen molar-refractivity contribution in [3.63, 3.8) is 0 Å². The van der Waals surface area contributed by atoms with Crippen LogP contribution in [0.5, 0.6) is 0 Å². The number of carbonyl (C=O) groups is 1. The molecule has 0 radical (unpaired) electrons. The number of nitrogens with one attached hydrogen (secondary N) is 1. The molecule has 0 spiro atoms. The Hall–Kier alpha value is -0.610. The number of carbonyl (C=O) groups excluding carboxylic acids is 1. The topological polar surface area (TPSA) is 58.6 Å². The second kappa shape index (κ2) is 7.10. The Balaban J connectivity index is 2.48. The highest BCUT2D eigenvalue weighted by atomic mass is 16.5. The smallest absolute Gasteiger partial charge is 0.225 e. The molecule has 2 N–H and O–H groups in total. The van der Waals surface area contributed by atoms with E-state index in [0.717, 1.165) is 25.7 Å². The number of aliphatic hydroxyl groups excluding tert-OH is 1. The summed E-state index contributed by atoms with van der Waals surface area (Å²) in [6.07, 6.45) is 3.54. The molecule has 1 saturated heterocycles. The van der Waals surface area contributed by atoms with Gasteiger partial charge in [0.25, 0.3) is 0 Å². The summed E-state index contributed by atoms with van der Waals surface area (Å²) in [6.45, 7) is 7.71. The van der Waals surface area contributed by atoms with Gasteiger partial charge in [-0.1, -0.05) is 13.8 Å². The molecule has 0 aliphatic carbocycles. The van der Waals surface area contributed by atoms with Crippen LogP contribution in [0, 0.1) is 11.3 Å². The number of aliphatic hydroxyl groups is 1. The first-order valence-corrected chi connectivity index (χ1v) is 7.08. The van der Waals surface area contributed by atoms with E-state index in [-0.39, 0.29) is 30.0 Å². The molecule has 2 unspecified atom stereocenters. The van der Waals surface area contributed by atoms with E-state index in [1.165, 1.54) is 0 Å². The Morgan fingerprint density at radius 2 is 2.11 bits per heavy atom. The lowest BCUT2D eigenvalue weighted by atomic mass is 9.79. The first kappa shape index (κ1) is 15.4. The molecular weight excluding hydrogens is 230 g/mol. The van der Waals surface area contributed by atoms with Crippen LogP contribution < -0.4 is 5.32 Å². The highest BCUT2D eigenvalue weighted by Gasteiger charge is 2.32. The van der Waals surface area contributed by atoms with Crippen LogP contribution in [0.15, 0.2) is 0 Å². The standard InChI is InChI=1S/C14H27NO3/c1-4-14(5-2,7-8-16)10-15-13(17)12-6-9-18-11(12)3/h11-12,16H,4-10H2,1-3H3,(H,15,17). The minimum atomic E-state index is -0.00876. The van der Waals surface area contributed by atoms with E-state index in [9.17, 15) is 4.79 Å². The van der Waals surface area contributed by atoms with Crippen LogP contribution in [-0.2, 0) is 9.53 Å². The molecule has 18 heavy (non-hydrogen) atoms. The Morgan fingerprint density at radius 3 is 2.56 bits per heavy atom. The van der Waals surface area contributed by atoms with Crippen LogP contribution in [0.3, 0.4) is 0 Å². The molecule has 1 aliphatic rings. The van der Waals surface area contributed by atoms with Gasteiger partial charge in [0.15, 0.2) is 0 Å². The maximum atomic E-state index is 12.1. The van der Waals surface area contributed by atoms with Gasteiger partial charge in [0.05, 0.1) is 12.0 Å². The summed E-state index contributed by atoms with van der Waals surface area (Å²) >= 11 is 0. The molecule has 0 aromatic heterocycles. The molecule has 0 bridgehead atoms. The van der Waals surface area contributed by atoms with E-state index in [1.54, 1.807) is 0 Å². The summed E-state index contributed by atoms with van der Waals surface area (Å²) in [4.78, 5) is 12.1. The zero-order valence-corrected chi connectivity index (χ0v) is 11.9. The van der Waals surface area contributed by atoms with E-state index in [2.05, 4.69) is 19.2 Å². The summed E-state index contributed by atoms with van der Waals surface area (Å²) in [6, 6.07) is 0. The van der Waals surface area contributed by atoms with E-state index in [1.807, 2.05) is 6.92 Å². The summed E-state index contributed by atoms with van der Waals surface area (Å²) in [5.74, 6) is 0.0924. The van der Waals surface area contributed by atoms with Crippen LogP contribution in [0.25, 0.3) is 0 Å². The number of rotatable bonds is 7. The largest absolute Gasteiger partial charge is 0.396 e. The zero-order valence-electron chi connectivity index (χ0n) is 11.9. The van der Waals surface area contributed by atoms with Crippen LogP contribution in [0.4, 0.5) is 0 Å². The van der Waals surface area contributed by atoms with Gasteiger partial charge in [-0.25, -0.2) is 0 Å². The SMILES string of the molecule is CCC(CC)(CCO)CNC(=O)C1CCOC1C. The molecule has 1 aliphatic heterocycles. The minimum Gasteiger partial charge on any atom is -0.396 e. The third-order valence-corrected chi connectivity index (χ3v) is 4.49. The molecule has 1 rings (SSSR count). The number of hydrogen-bond donors (Lipinski definition) is 2. The molecule has 0 saturated carbocycles. The average molecular weight is 257 g/mol. The predicted octanol–water partition coefficient (Wildman–Crippen LogP) is 1.72. The van der Waals surface area contributed by atoms with Crippen LogP contribution in [0.1, 0.15) is 46.5 Å². The van der Waals surface area contributed by atoms with Gasteiger partial charge in [0, 0.05) is 19.8 Å². The highest BCUT2D eigenvalue weighted by molar-refractivity contribution is 5.79. The maximum Gasteiger partial charge on any atom is 0.225 e. The number of ether oxygens (including phenoxy) is 1. The van der Waals surface area contributed by atoms with Crippen molar-refractivity contribution in [2.24, 2.45) is 11.3 Å². The van der Waals surface area contributed by atoms with E-state index < -0.39 is 0 Å². The quantitative estimate of drug-likeness (QED) is 0.730. The third kappa shape index (κ3) is 3.69. The molecular formula is C14H27NO3. The Bertz CT molecular complexity index is 264. The molecule has 0 aromatic carbocycles. The number of hydrogen-bond acceptors (Lipinski definition) is 3. The maximum absolute atomic E-state index is 12.1. The van der Waals surface area contributed by atoms with Crippen LogP contribution in [0.2, 0.25) is 0 Å². The van der Waals surface area contributed by atoms with Crippen molar-refractivity contribution in [3.05, 3.63) is 0 Å². The van der Waals surface area contributed by atoms with Crippen molar-refractivity contribution in [1.29, 1.82) is 0 Å². The molecule has 4 heteroatoms. The molecule has 1 heterocycles. The normalized spacial score (nSPS) is 24.2. The number of amides is 1. The summed E-state index contributed by atoms with van der Waals surface area (Å²) in [5, 5.41) is 12.2. The Kier molecular flexibility index (Phi) is 6.09. The molecule has 1 amide bonds. The van der Waals surface area contributed by atoms with Gasteiger partial charge in [0.1, 0.15) is 0 Å². The molecule has 106 valence electrons. The van der Waals surface area contributed by atoms with Crippen molar-refractivity contribution in [1.82, 2.24) is 5.32 Å². The van der Waals surface area contributed by atoms with Crippen molar-refractivity contribution in [2.45, 2.75) is 52.6 Å². The predicted molar refractivity (Wildman–Crippen MR) is 71.2 cm³/mol. The van der Waals surface area contributed by atoms with Crippen LogP contribution >= 0.6 is 0 Å². The first-order chi connectivity index (χ1) is 8.58. The van der Waals surface area contributed by atoms with Crippen LogP contribution in [-0.4, -0.2) is 36.9 Å². The fourth-order valence-corrected chi connectivity index (χ4v) is 2.66. The highest BCUT2D eigenvalue weighted by Crippen LogP contribution is 2.30. The second-order valence-corrected chi connectivity index (χ2v) is 5.37. The third-order valence-electron chi connectivity index (χ3n) is 4.49. The lowest BCUT2D eigenvalue weighted by molar-refractivity contribution is -0.127. The lowest BCUT2D eigenvalue weighted by Gasteiger charge is -2.32. The van der Waals surface area contributed by atoms with Crippen molar-refractivity contribution in [2.75, 3.05) is 19.8 Å². The molecule has 4 nitrogen and oxygen atoms in total. The zero-order chi connectivity index (χ0) is 13.6. The van der Waals surface area contributed by atoms with Crippen molar-refractivity contribution < 1.29 is 14.6 Å². The summed E-state index contributed by atoms with van der Waals surface area (Å²) in [7, 11) is 0. The van der Waals surface area contributed by atoms with E-state index >= 15 is 0 Å². The van der Waals surface area contributed by atoms with E-state index in [0.29, 0.717) is 13.2 Å². The van der Waals surface area contributed by atoms with Gasteiger partial charge < -0.3 is 15.2 Å². The molecule has 0 aromatic rings. The van der Waals surface area contributed by atoms with Gasteiger partial charge in [-0.3, -0.25) is 4.79 Å². The summed E-state index contributed by atoms with van der Waals surface area (Å²) in [5.41, 5.74) is 0.0348. The fraction of sp³-hybridized carbons (Fsp3) is 0.929. The fourth-order valence-electron chi connectivity index (χ4n) is 2.66. The Labute approximate surface area is 110 Å². The van der Waals surface area contributed by atoms with Gasteiger partial charge in [-0.05, 0) is 38.0 Å². The summed E-state index contributed by atoms with van der Waals surface area (Å²) < 4.78 is 5.42. The van der Waals surface area contributed by atoms with Gasteiger partial charge >= 0.3 is 0 Å². The average Bonchev–Trinajstić information content (AvgIpc) is 2.80. The monoisotopic (exact) mass is 257 g/mol. The molecule has 2 atom stereocenters. The van der Waals surface area contributed by atoms with Crippen molar-refractivity contribution >= 4 is 5.91 Å². The Morgan fingerprint density at radius 1 is 1.44 bits per heavy atom. The second-order valence-electron chi connectivity index (χ2n) is 5.37. The van der Waals surface area contributed by atoms with Gasteiger partial charge in [0.2, 0.25) is 5.91 Å². The lowest BCUT2D eigenvalue weighted by Crippen LogP contribution is -2.41. The van der Waals surface area contributed by atoms with Gasteiger partial charge in [-0.15, -0.1) is 0 Å². The molecule has 1 fully saturated rings. The first-order valence-electron chi connectivity index (χ1n) is 7.08. The van der Waals surface area contributed by atoms with E-state index in [4.69, 9.17) is 9.84 Å².